The van der Waals surface area contributed by atoms with Crippen LogP contribution < -0.4 is 5.32 Å². The maximum Gasteiger partial charge on any atom is 0.105 e. The molecular formula is C15H25NO. The van der Waals surface area contributed by atoms with E-state index in [2.05, 4.69) is 32.2 Å². The van der Waals surface area contributed by atoms with E-state index >= 15 is 0 Å². The molecule has 1 saturated carbocycles. The summed E-state index contributed by atoms with van der Waals surface area (Å²) in [6.07, 6.45) is 5.63. The largest absolute Gasteiger partial charge is 0.466 e. The highest BCUT2D eigenvalue weighted by molar-refractivity contribution is 5.23. The van der Waals surface area contributed by atoms with Crippen LogP contribution >= 0.6 is 0 Å². The number of hydrogen-bond donors (Lipinski definition) is 1. The molecule has 0 spiro atoms. The highest BCUT2D eigenvalue weighted by Crippen LogP contribution is 2.31. The van der Waals surface area contributed by atoms with E-state index in [0.29, 0.717) is 12.1 Å². The van der Waals surface area contributed by atoms with Gasteiger partial charge < -0.3 is 9.73 Å². The van der Waals surface area contributed by atoms with Gasteiger partial charge in [0.05, 0.1) is 0 Å². The molecule has 0 aliphatic heterocycles. The summed E-state index contributed by atoms with van der Waals surface area (Å²) < 4.78 is 5.59. The van der Waals surface area contributed by atoms with E-state index in [-0.39, 0.29) is 0 Å². The van der Waals surface area contributed by atoms with Crippen molar-refractivity contribution in [2.75, 3.05) is 0 Å². The molecule has 2 nitrogen and oxygen atoms in total. The molecule has 1 fully saturated rings. The van der Waals surface area contributed by atoms with Crippen LogP contribution in [0.15, 0.2) is 10.5 Å². The van der Waals surface area contributed by atoms with Crippen LogP contribution in [0.1, 0.15) is 62.7 Å². The van der Waals surface area contributed by atoms with Gasteiger partial charge in [-0.3, -0.25) is 0 Å². The zero-order valence-corrected chi connectivity index (χ0v) is 11.5. The topological polar surface area (TPSA) is 25.2 Å². The third-order valence-corrected chi connectivity index (χ3v) is 3.99. The zero-order valence-electron chi connectivity index (χ0n) is 11.5. The molecule has 2 heteroatoms. The van der Waals surface area contributed by atoms with Gasteiger partial charge in [0.25, 0.3) is 0 Å². The Bertz CT molecular complexity index is 365. The van der Waals surface area contributed by atoms with Gasteiger partial charge in [-0.05, 0) is 46.1 Å². The van der Waals surface area contributed by atoms with Crippen molar-refractivity contribution in [3.05, 3.63) is 23.2 Å². The number of hydrogen-bond acceptors (Lipinski definition) is 2. The molecule has 2 unspecified atom stereocenters. The van der Waals surface area contributed by atoms with Crippen molar-refractivity contribution >= 4 is 0 Å². The molecular weight excluding hydrogens is 210 g/mol. The van der Waals surface area contributed by atoms with Crippen molar-refractivity contribution in [1.82, 2.24) is 5.32 Å². The molecule has 2 atom stereocenters. The summed E-state index contributed by atoms with van der Waals surface area (Å²) >= 11 is 0. The summed E-state index contributed by atoms with van der Waals surface area (Å²) in [5.74, 6) is 3.04. The molecule has 1 aliphatic rings. The first-order chi connectivity index (χ1) is 8.06. The van der Waals surface area contributed by atoms with Gasteiger partial charge >= 0.3 is 0 Å². The molecule has 0 amide bonds. The molecule has 1 aromatic rings. The van der Waals surface area contributed by atoms with Crippen molar-refractivity contribution in [1.29, 1.82) is 0 Å². The Balaban J connectivity index is 1.86. The van der Waals surface area contributed by atoms with Gasteiger partial charge in [0.15, 0.2) is 0 Å². The predicted molar refractivity (Wildman–Crippen MR) is 71.2 cm³/mol. The highest BCUT2D eigenvalue weighted by atomic mass is 16.3. The number of aryl methyl sites for hydroxylation is 2. The zero-order chi connectivity index (χ0) is 12.4. The summed E-state index contributed by atoms with van der Waals surface area (Å²) in [6, 6.07) is 3.15. The van der Waals surface area contributed by atoms with Gasteiger partial charge in [0.1, 0.15) is 11.5 Å². The van der Waals surface area contributed by atoms with Crippen LogP contribution in [0.25, 0.3) is 0 Å². The molecule has 0 bridgehead atoms. The lowest BCUT2D eigenvalue weighted by Crippen LogP contribution is -2.32. The standard InChI is InChI=1S/C15H25NO/c1-10(8-14-6-5-7-14)16-12(3)15-9-11(2)17-13(15)4/h9-10,12,14,16H,5-8H2,1-4H3. The minimum atomic E-state index is 0.391. The second-order valence-corrected chi connectivity index (χ2v) is 5.69. The molecule has 1 heterocycles. The van der Waals surface area contributed by atoms with Crippen LogP contribution in [0, 0.1) is 19.8 Å². The van der Waals surface area contributed by atoms with Gasteiger partial charge in [-0.1, -0.05) is 19.3 Å². The van der Waals surface area contributed by atoms with Crippen molar-refractivity contribution in [3.8, 4) is 0 Å². The Labute approximate surface area is 105 Å². The lowest BCUT2D eigenvalue weighted by Gasteiger charge is -2.30. The highest BCUT2D eigenvalue weighted by Gasteiger charge is 2.21. The smallest absolute Gasteiger partial charge is 0.105 e. The van der Waals surface area contributed by atoms with E-state index in [1.54, 1.807) is 0 Å². The normalized spacial score (nSPS) is 20.0. The Morgan fingerprint density at radius 3 is 2.53 bits per heavy atom. The fourth-order valence-electron chi connectivity index (χ4n) is 2.89. The summed E-state index contributed by atoms with van der Waals surface area (Å²) in [6.45, 7) is 8.60. The van der Waals surface area contributed by atoms with Crippen LogP contribution in [0.4, 0.5) is 0 Å². The Kier molecular flexibility index (Phi) is 3.93. The van der Waals surface area contributed by atoms with E-state index in [1.165, 1.54) is 31.2 Å². The van der Waals surface area contributed by atoms with Gasteiger partial charge in [-0.15, -0.1) is 0 Å². The number of furan rings is 1. The van der Waals surface area contributed by atoms with Crippen LogP contribution in [0.2, 0.25) is 0 Å². The maximum absolute atomic E-state index is 5.59. The fraction of sp³-hybridized carbons (Fsp3) is 0.733. The van der Waals surface area contributed by atoms with Crippen LogP contribution in [-0.4, -0.2) is 6.04 Å². The molecule has 17 heavy (non-hydrogen) atoms. The van der Waals surface area contributed by atoms with E-state index in [4.69, 9.17) is 4.42 Å². The Morgan fingerprint density at radius 1 is 1.35 bits per heavy atom. The summed E-state index contributed by atoms with van der Waals surface area (Å²) in [7, 11) is 0. The molecule has 2 rings (SSSR count). The average Bonchev–Trinajstić information content (AvgIpc) is 2.52. The van der Waals surface area contributed by atoms with E-state index in [1.807, 2.05) is 6.92 Å². The lowest BCUT2D eigenvalue weighted by molar-refractivity contribution is 0.259. The number of rotatable bonds is 5. The van der Waals surface area contributed by atoms with Crippen LogP contribution in [-0.2, 0) is 0 Å². The first kappa shape index (κ1) is 12.7. The minimum Gasteiger partial charge on any atom is -0.466 e. The van der Waals surface area contributed by atoms with Crippen LogP contribution in [0.3, 0.4) is 0 Å². The molecule has 96 valence electrons. The maximum atomic E-state index is 5.59. The second-order valence-electron chi connectivity index (χ2n) is 5.69. The monoisotopic (exact) mass is 235 g/mol. The summed E-state index contributed by atoms with van der Waals surface area (Å²) in [4.78, 5) is 0. The van der Waals surface area contributed by atoms with Crippen molar-refractivity contribution < 1.29 is 4.42 Å². The van der Waals surface area contributed by atoms with E-state index in [0.717, 1.165) is 17.4 Å². The molecule has 0 aromatic carbocycles. The first-order valence-electron chi connectivity index (χ1n) is 6.89. The van der Waals surface area contributed by atoms with Gasteiger partial charge in [-0.2, -0.15) is 0 Å². The SMILES string of the molecule is Cc1cc(C(C)NC(C)CC2CCC2)c(C)o1. The molecule has 1 N–H and O–H groups in total. The number of nitrogens with one attached hydrogen (secondary N) is 1. The molecule has 0 radical (unpaired) electrons. The summed E-state index contributed by atoms with van der Waals surface area (Å²) in [5.41, 5.74) is 1.31. The Morgan fingerprint density at radius 2 is 2.06 bits per heavy atom. The lowest BCUT2D eigenvalue weighted by atomic mass is 9.81. The van der Waals surface area contributed by atoms with Crippen molar-refractivity contribution in [3.63, 3.8) is 0 Å². The van der Waals surface area contributed by atoms with Crippen LogP contribution in [0.5, 0.6) is 0 Å². The quantitative estimate of drug-likeness (QED) is 0.830. The second kappa shape index (κ2) is 5.26. The fourth-order valence-corrected chi connectivity index (χ4v) is 2.89. The third-order valence-electron chi connectivity index (χ3n) is 3.99. The predicted octanol–water partition coefficient (Wildman–Crippen LogP) is 4.13. The molecule has 1 aliphatic carbocycles. The minimum absolute atomic E-state index is 0.391. The van der Waals surface area contributed by atoms with Crippen molar-refractivity contribution in [2.45, 2.75) is 65.5 Å². The van der Waals surface area contributed by atoms with E-state index in [9.17, 15) is 0 Å². The first-order valence-corrected chi connectivity index (χ1v) is 6.89. The van der Waals surface area contributed by atoms with Crippen molar-refractivity contribution in [2.24, 2.45) is 5.92 Å². The van der Waals surface area contributed by atoms with Gasteiger partial charge in [0.2, 0.25) is 0 Å². The average molecular weight is 235 g/mol. The summed E-state index contributed by atoms with van der Waals surface area (Å²) in [5, 5.41) is 3.69. The van der Waals surface area contributed by atoms with E-state index < -0.39 is 0 Å². The molecule has 0 saturated heterocycles. The van der Waals surface area contributed by atoms with Gasteiger partial charge in [0, 0.05) is 17.6 Å². The third kappa shape index (κ3) is 3.12. The Hall–Kier alpha value is -0.760. The molecule has 1 aromatic heterocycles. The van der Waals surface area contributed by atoms with Gasteiger partial charge in [-0.25, -0.2) is 0 Å².